The molecule has 1 heterocycles. The molecular formula is C12H14NO2. The van der Waals surface area contributed by atoms with Crippen LogP contribution in [0.2, 0.25) is 0 Å². The van der Waals surface area contributed by atoms with Crippen molar-refractivity contribution >= 4 is 5.91 Å². The number of hydrogen-bond acceptors (Lipinski definition) is 2. The minimum absolute atomic E-state index is 0.0518. The molecule has 0 saturated carbocycles. The molecular weight excluding hydrogens is 190 g/mol. The lowest BCUT2D eigenvalue weighted by molar-refractivity contribution is 0.0546. The summed E-state index contributed by atoms with van der Waals surface area (Å²) in [4.78, 5) is 13.7. The van der Waals surface area contributed by atoms with Gasteiger partial charge in [0, 0.05) is 18.7 Å². The smallest absolute Gasteiger partial charge is 0.253 e. The highest BCUT2D eigenvalue weighted by atomic mass is 16.3. The second-order valence-corrected chi connectivity index (χ2v) is 3.81. The number of nitrogens with zero attached hydrogens (tertiary/aromatic N) is 1. The first-order chi connectivity index (χ1) is 7.27. The quantitative estimate of drug-likeness (QED) is 0.743. The van der Waals surface area contributed by atoms with Gasteiger partial charge < -0.3 is 10.0 Å². The molecule has 15 heavy (non-hydrogen) atoms. The van der Waals surface area contributed by atoms with Gasteiger partial charge in [-0.25, -0.2) is 0 Å². The topological polar surface area (TPSA) is 40.5 Å². The fourth-order valence-corrected chi connectivity index (χ4v) is 1.78. The van der Waals surface area contributed by atoms with Gasteiger partial charge in [-0.2, -0.15) is 0 Å². The molecule has 0 aliphatic carbocycles. The van der Waals surface area contributed by atoms with E-state index in [1.54, 1.807) is 29.2 Å². The monoisotopic (exact) mass is 204 g/mol. The Morgan fingerprint density at radius 3 is 2.53 bits per heavy atom. The van der Waals surface area contributed by atoms with Crippen molar-refractivity contribution in [1.82, 2.24) is 4.90 Å². The van der Waals surface area contributed by atoms with Crippen molar-refractivity contribution in [1.29, 1.82) is 0 Å². The first-order valence-electron chi connectivity index (χ1n) is 5.21. The summed E-state index contributed by atoms with van der Waals surface area (Å²) in [5.41, 5.74) is 0.699. The summed E-state index contributed by atoms with van der Waals surface area (Å²) < 4.78 is 0. The highest BCUT2D eigenvalue weighted by molar-refractivity contribution is 5.94. The summed E-state index contributed by atoms with van der Waals surface area (Å²) in [7, 11) is 0. The van der Waals surface area contributed by atoms with Crippen LogP contribution in [0.3, 0.4) is 0 Å². The Morgan fingerprint density at radius 2 is 1.93 bits per heavy atom. The largest absolute Gasteiger partial charge is 0.393 e. The molecule has 0 unspecified atom stereocenters. The molecule has 1 aliphatic heterocycles. The van der Waals surface area contributed by atoms with Gasteiger partial charge in [-0.1, -0.05) is 12.1 Å². The number of piperidine rings is 1. The van der Waals surface area contributed by atoms with Crippen molar-refractivity contribution in [3.8, 4) is 0 Å². The first kappa shape index (κ1) is 10.2. The van der Waals surface area contributed by atoms with E-state index in [0.29, 0.717) is 31.5 Å². The maximum absolute atomic E-state index is 11.9. The number of likely N-dealkylation sites (tertiary alicyclic amines) is 1. The highest BCUT2D eigenvalue weighted by Gasteiger charge is 2.21. The van der Waals surface area contributed by atoms with Crippen LogP contribution in [0.25, 0.3) is 0 Å². The zero-order valence-corrected chi connectivity index (χ0v) is 8.52. The average molecular weight is 204 g/mol. The Morgan fingerprint density at radius 1 is 1.33 bits per heavy atom. The van der Waals surface area contributed by atoms with Gasteiger partial charge in [0.15, 0.2) is 0 Å². The fourth-order valence-electron chi connectivity index (χ4n) is 1.78. The third kappa shape index (κ3) is 2.36. The predicted octanol–water partition coefficient (Wildman–Crippen LogP) is 1.08. The summed E-state index contributed by atoms with van der Waals surface area (Å²) in [6.45, 7) is 1.30. The third-order valence-corrected chi connectivity index (χ3v) is 2.72. The van der Waals surface area contributed by atoms with Crippen molar-refractivity contribution in [3.05, 3.63) is 35.9 Å². The third-order valence-electron chi connectivity index (χ3n) is 2.72. The Balaban J connectivity index is 2.03. The zero-order valence-electron chi connectivity index (χ0n) is 8.52. The minimum atomic E-state index is -0.238. The predicted molar refractivity (Wildman–Crippen MR) is 56.4 cm³/mol. The molecule has 79 valence electrons. The van der Waals surface area contributed by atoms with E-state index >= 15 is 0 Å². The van der Waals surface area contributed by atoms with Gasteiger partial charge in [0.25, 0.3) is 5.91 Å². The molecule has 0 bridgehead atoms. The van der Waals surface area contributed by atoms with Gasteiger partial charge in [-0.3, -0.25) is 4.79 Å². The number of carbonyl (C=O) groups is 1. The van der Waals surface area contributed by atoms with E-state index < -0.39 is 0 Å². The number of carbonyl (C=O) groups excluding carboxylic acids is 1. The standard InChI is InChI=1S/C12H14NO2/c14-11-6-8-13(9-7-11)12(15)10-4-2-1-3-5-10/h2-5,11,14H,6-9H2. The number of aliphatic hydroxyl groups is 1. The van der Waals surface area contributed by atoms with Crippen LogP contribution in [-0.4, -0.2) is 35.1 Å². The van der Waals surface area contributed by atoms with E-state index in [2.05, 4.69) is 6.07 Å². The van der Waals surface area contributed by atoms with E-state index in [-0.39, 0.29) is 12.0 Å². The molecule has 1 fully saturated rings. The van der Waals surface area contributed by atoms with Crippen molar-refractivity contribution < 1.29 is 9.90 Å². The number of hydrogen-bond donors (Lipinski definition) is 1. The molecule has 3 nitrogen and oxygen atoms in total. The van der Waals surface area contributed by atoms with E-state index in [4.69, 9.17) is 0 Å². The molecule has 1 aromatic carbocycles. The molecule has 1 aromatic rings. The van der Waals surface area contributed by atoms with Gasteiger partial charge in [0.2, 0.25) is 0 Å². The summed E-state index contributed by atoms with van der Waals surface area (Å²) in [6, 6.07) is 9.91. The molecule has 1 amide bonds. The van der Waals surface area contributed by atoms with Crippen LogP contribution in [-0.2, 0) is 0 Å². The molecule has 1 N–H and O–H groups in total. The average Bonchev–Trinajstić information content (AvgIpc) is 2.30. The second kappa shape index (κ2) is 4.45. The Labute approximate surface area is 89.3 Å². The number of rotatable bonds is 1. The molecule has 1 aliphatic rings. The number of amides is 1. The second-order valence-electron chi connectivity index (χ2n) is 3.81. The molecule has 3 heteroatoms. The summed E-state index contributed by atoms with van der Waals surface area (Å²) in [6.07, 6.45) is 1.13. The van der Waals surface area contributed by atoms with Crippen molar-refractivity contribution in [2.45, 2.75) is 18.9 Å². The van der Waals surface area contributed by atoms with Crippen LogP contribution >= 0.6 is 0 Å². The molecule has 2 rings (SSSR count). The lowest BCUT2D eigenvalue weighted by Gasteiger charge is -2.29. The van der Waals surface area contributed by atoms with Crippen LogP contribution in [0.1, 0.15) is 23.2 Å². The van der Waals surface area contributed by atoms with Gasteiger partial charge in [-0.05, 0) is 31.0 Å². The lowest BCUT2D eigenvalue weighted by Crippen LogP contribution is -2.40. The van der Waals surface area contributed by atoms with Crippen molar-refractivity contribution in [3.63, 3.8) is 0 Å². The van der Waals surface area contributed by atoms with Crippen LogP contribution in [0.5, 0.6) is 0 Å². The minimum Gasteiger partial charge on any atom is -0.393 e. The molecule has 0 spiro atoms. The fraction of sp³-hybridized carbons (Fsp3) is 0.417. The lowest BCUT2D eigenvalue weighted by atomic mass is 10.1. The maximum atomic E-state index is 11.9. The number of benzene rings is 1. The zero-order chi connectivity index (χ0) is 10.7. The van der Waals surface area contributed by atoms with Crippen LogP contribution in [0.4, 0.5) is 0 Å². The SMILES string of the molecule is O=C(c1cc[c]cc1)N1CCC(O)CC1. The van der Waals surface area contributed by atoms with E-state index in [1.165, 1.54) is 0 Å². The van der Waals surface area contributed by atoms with Gasteiger partial charge >= 0.3 is 0 Å². The Kier molecular flexibility index (Phi) is 3.02. The Bertz CT molecular complexity index is 329. The van der Waals surface area contributed by atoms with Crippen LogP contribution < -0.4 is 0 Å². The molecule has 1 radical (unpaired) electrons. The summed E-state index contributed by atoms with van der Waals surface area (Å²) in [5.74, 6) is 0.0518. The van der Waals surface area contributed by atoms with E-state index in [1.807, 2.05) is 0 Å². The van der Waals surface area contributed by atoms with Gasteiger partial charge in [0.1, 0.15) is 0 Å². The molecule has 0 aromatic heterocycles. The normalized spacial score (nSPS) is 17.8. The highest BCUT2D eigenvalue weighted by Crippen LogP contribution is 2.13. The number of aliphatic hydroxyl groups excluding tert-OH is 1. The van der Waals surface area contributed by atoms with Crippen molar-refractivity contribution in [2.75, 3.05) is 13.1 Å². The van der Waals surface area contributed by atoms with Crippen LogP contribution in [0.15, 0.2) is 24.3 Å². The summed E-state index contributed by atoms with van der Waals surface area (Å²) >= 11 is 0. The van der Waals surface area contributed by atoms with Crippen LogP contribution in [0, 0.1) is 6.07 Å². The van der Waals surface area contributed by atoms with Gasteiger partial charge in [0.05, 0.1) is 6.10 Å². The molecule has 0 atom stereocenters. The molecule has 1 saturated heterocycles. The van der Waals surface area contributed by atoms with E-state index in [0.717, 1.165) is 0 Å². The van der Waals surface area contributed by atoms with E-state index in [9.17, 15) is 9.90 Å². The maximum Gasteiger partial charge on any atom is 0.253 e. The first-order valence-corrected chi connectivity index (χ1v) is 5.21. The van der Waals surface area contributed by atoms with Crippen molar-refractivity contribution in [2.24, 2.45) is 0 Å². The van der Waals surface area contributed by atoms with Gasteiger partial charge in [-0.15, -0.1) is 0 Å². The summed E-state index contributed by atoms with van der Waals surface area (Å²) in [5, 5.41) is 9.34. The Hall–Kier alpha value is -1.35.